The van der Waals surface area contributed by atoms with Crippen LogP contribution in [0.4, 0.5) is 4.39 Å². The van der Waals surface area contributed by atoms with Crippen molar-refractivity contribution in [1.82, 2.24) is 0 Å². The van der Waals surface area contributed by atoms with Crippen molar-refractivity contribution in [1.29, 1.82) is 0 Å². The molecule has 0 aliphatic heterocycles. The van der Waals surface area contributed by atoms with Crippen LogP contribution in [-0.4, -0.2) is 21.8 Å². The van der Waals surface area contributed by atoms with Crippen LogP contribution < -0.4 is 9.88 Å². The summed E-state index contributed by atoms with van der Waals surface area (Å²) in [7, 11) is -3.02. The number of carbonyl (C=O) groups excluding carboxylic acids is 1. The molecule has 0 saturated carbocycles. The summed E-state index contributed by atoms with van der Waals surface area (Å²) in [5.74, 6) is -1.45. The summed E-state index contributed by atoms with van der Waals surface area (Å²) in [6.07, 6.45) is 0.317. The molecule has 0 aliphatic carbocycles. The minimum atomic E-state index is -4.12. The van der Waals surface area contributed by atoms with Gasteiger partial charge in [0, 0.05) is 5.56 Å². The minimum absolute atomic E-state index is 0.127. The van der Waals surface area contributed by atoms with E-state index >= 15 is 0 Å². The normalized spacial score (nSPS) is 11.1. The van der Waals surface area contributed by atoms with Crippen LogP contribution in [0.2, 0.25) is 0 Å². The van der Waals surface area contributed by atoms with Crippen molar-refractivity contribution < 1.29 is 22.3 Å². The molecule has 2 N–H and O–H groups in total. The molecule has 0 heterocycles. The van der Waals surface area contributed by atoms with Crippen molar-refractivity contribution >= 4 is 16.3 Å². The number of hydrogen-bond acceptors (Lipinski definition) is 4. The van der Waals surface area contributed by atoms with Crippen LogP contribution in [0.25, 0.3) is 0 Å². The Morgan fingerprint density at radius 3 is 2.47 bits per heavy atom. The summed E-state index contributed by atoms with van der Waals surface area (Å²) < 4.78 is 39.9. The van der Waals surface area contributed by atoms with Crippen molar-refractivity contribution in [2.24, 2.45) is 5.14 Å². The third-order valence-electron chi connectivity index (χ3n) is 1.68. The average molecular weight is 233 g/mol. The van der Waals surface area contributed by atoms with Gasteiger partial charge < -0.3 is 4.74 Å². The molecule has 0 spiro atoms. The summed E-state index contributed by atoms with van der Waals surface area (Å²) in [5, 5.41) is 4.84. The van der Waals surface area contributed by atoms with Crippen molar-refractivity contribution in [2.75, 3.05) is 7.11 Å². The third kappa shape index (κ3) is 2.31. The van der Waals surface area contributed by atoms with Crippen molar-refractivity contribution in [2.45, 2.75) is 4.90 Å². The molecule has 0 unspecified atom stereocenters. The Balaban J connectivity index is 3.60. The first-order valence-electron chi connectivity index (χ1n) is 3.75. The average Bonchev–Trinajstić information content (AvgIpc) is 2.15. The van der Waals surface area contributed by atoms with Gasteiger partial charge in [-0.25, -0.2) is 17.9 Å². The number of rotatable bonds is 3. The Labute approximate surface area is 85.7 Å². The van der Waals surface area contributed by atoms with Gasteiger partial charge in [0.15, 0.2) is 11.6 Å². The molecule has 1 aromatic carbocycles. The van der Waals surface area contributed by atoms with E-state index in [0.29, 0.717) is 6.29 Å². The zero-order chi connectivity index (χ0) is 11.6. The Hall–Kier alpha value is -1.47. The van der Waals surface area contributed by atoms with Crippen LogP contribution in [-0.2, 0) is 10.0 Å². The van der Waals surface area contributed by atoms with E-state index in [1.807, 2.05) is 0 Å². The Morgan fingerprint density at radius 2 is 2.07 bits per heavy atom. The highest BCUT2D eigenvalue weighted by Gasteiger charge is 2.19. The summed E-state index contributed by atoms with van der Waals surface area (Å²) in [6.45, 7) is 0. The number of benzene rings is 1. The number of carbonyl (C=O) groups is 1. The summed E-state index contributed by atoms with van der Waals surface area (Å²) >= 11 is 0. The van der Waals surface area contributed by atoms with E-state index in [0.717, 1.165) is 19.2 Å². The smallest absolute Gasteiger partial charge is 0.241 e. The zero-order valence-corrected chi connectivity index (χ0v) is 8.55. The number of aldehydes is 1. The summed E-state index contributed by atoms with van der Waals surface area (Å²) in [5.41, 5.74) is -0.127. The fraction of sp³-hybridized carbons (Fsp3) is 0.125. The van der Waals surface area contributed by atoms with Crippen molar-refractivity contribution in [3.05, 3.63) is 23.5 Å². The van der Waals surface area contributed by atoms with Crippen LogP contribution in [0.15, 0.2) is 17.0 Å². The van der Waals surface area contributed by atoms with Gasteiger partial charge >= 0.3 is 0 Å². The van der Waals surface area contributed by atoms with Crippen LogP contribution >= 0.6 is 0 Å². The molecule has 0 aliphatic rings. The number of halogens is 1. The molecule has 1 rings (SSSR count). The molecule has 0 fully saturated rings. The zero-order valence-electron chi connectivity index (χ0n) is 7.73. The predicted molar refractivity (Wildman–Crippen MR) is 49.7 cm³/mol. The van der Waals surface area contributed by atoms with Crippen LogP contribution in [0, 0.1) is 5.82 Å². The van der Waals surface area contributed by atoms with Gasteiger partial charge in [-0.1, -0.05) is 0 Å². The van der Waals surface area contributed by atoms with E-state index < -0.39 is 26.5 Å². The van der Waals surface area contributed by atoms with Gasteiger partial charge in [-0.05, 0) is 12.1 Å². The van der Waals surface area contributed by atoms with Crippen LogP contribution in [0.3, 0.4) is 0 Å². The number of hydrogen-bond donors (Lipinski definition) is 1. The summed E-state index contributed by atoms with van der Waals surface area (Å²) in [6, 6.07) is 1.81. The molecule has 0 saturated heterocycles. The van der Waals surface area contributed by atoms with E-state index in [2.05, 4.69) is 4.74 Å². The minimum Gasteiger partial charge on any atom is -0.492 e. The fourth-order valence-electron chi connectivity index (χ4n) is 1.07. The first-order chi connectivity index (χ1) is 6.90. The van der Waals surface area contributed by atoms with Crippen LogP contribution in [0.5, 0.6) is 5.75 Å². The SMILES string of the molecule is COc1c(F)cc(C=O)cc1S(N)(=O)=O. The number of sulfonamides is 1. The maximum Gasteiger partial charge on any atom is 0.241 e. The van der Waals surface area contributed by atoms with Gasteiger partial charge in [0.05, 0.1) is 7.11 Å². The molecular weight excluding hydrogens is 225 g/mol. The quantitative estimate of drug-likeness (QED) is 0.760. The maximum absolute atomic E-state index is 13.2. The second-order valence-electron chi connectivity index (χ2n) is 2.70. The highest BCUT2D eigenvalue weighted by atomic mass is 32.2. The van der Waals surface area contributed by atoms with E-state index in [9.17, 15) is 17.6 Å². The third-order valence-corrected chi connectivity index (χ3v) is 2.59. The molecular formula is C8H8FNO4S. The Bertz CT molecular complexity index is 498. The highest BCUT2D eigenvalue weighted by molar-refractivity contribution is 7.89. The topological polar surface area (TPSA) is 86.5 Å². The van der Waals surface area contributed by atoms with Gasteiger partial charge in [0.2, 0.25) is 10.0 Å². The van der Waals surface area contributed by atoms with Crippen molar-refractivity contribution in [3.63, 3.8) is 0 Å². The second-order valence-corrected chi connectivity index (χ2v) is 4.23. The molecule has 15 heavy (non-hydrogen) atoms. The molecule has 0 bridgehead atoms. The van der Waals surface area contributed by atoms with E-state index in [-0.39, 0.29) is 5.56 Å². The second kappa shape index (κ2) is 3.95. The van der Waals surface area contributed by atoms with Gasteiger partial charge in [-0.15, -0.1) is 0 Å². The molecule has 7 heteroatoms. The molecule has 0 radical (unpaired) electrons. The van der Waals surface area contributed by atoms with E-state index in [4.69, 9.17) is 5.14 Å². The standard InChI is InChI=1S/C8H8FNO4S/c1-14-8-6(9)2-5(4-11)3-7(8)15(10,12)13/h2-4H,1H3,(H2,10,12,13). The van der Waals surface area contributed by atoms with Gasteiger partial charge in [0.1, 0.15) is 11.2 Å². The number of nitrogens with two attached hydrogens (primary N) is 1. The Kier molecular flexibility index (Phi) is 3.06. The Morgan fingerprint density at radius 1 is 1.47 bits per heavy atom. The highest BCUT2D eigenvalue weighted by Crippen LogP contribution is 2.26. The first-order valence-corrected chi connectivity index (χ1v) is 5.30. The lowest BCUT2D eigenvalue weighted by molar-refractivity contribution is 0.112. The molecule has 1 aromatic rings. The van der Waals surface area contributed by atoms with Gasteiger partial charge in [-0.2, -0.15) is 0 Å². The molecule has 0 amide bonds. The lowest BCUT2D eigenvalue weighted by Gasteiger charge is -2.07. The fourth-order valence-corrected chi connectivity index (χ4v) is 1.81. The molecule has 5 nitrogen and oxygen atoms in total. The lowest BCUT2D eigenvalue weighted by atomic mass is 10.2. The predicted octanol–water partition coefficient (Wildman–Crippen LogP) is 0.294. The van der Waals surface area contributed by atoms with Gasteiger partial charge in [0.25, 0.3) is 0 Å². The number of ether oxygens (including phenoxy) is 1. The lowest BCUT2D eigenvalue weighted by Crippen LogP contribution is -2.14. The van der Waals surface area contributed by atoms with Crippen LogP contribution in [0.1, 0.15) is 10.4 Å². The first kappa shape index (κ1) is 11.6. The van der Waals surface area contributed by atoms with E-state index in [1.54, 1.807) is 0 Å². The number of methoxy groups -OCH3 is 1. The molecule has 0 atom stereocenters. The van der Waals surface area contributed by atoms with Gasteiger partial charge in [-0.3, -0.25) is 4.79 Å². The number of primary sulfonamides is 1. The largest absolute Gasteiger partial charge is 0.492 e. The molecule has 0 aromatic heterocycles. The van der Waals surface area contributed by atoms with Crippen molar-refractivity contribution in [3.8, 4) is 5.75 Å². The summed E-state index contributed by atoms with van der Waals surface area (Å²) in [4.78, 5) is 9.85. The van der Waals surface area contributed by atoms with E-state index in [1.165, 1.54) is 0 Å². The molecule has 82 valence electrons. The maximum atomic E-state index is 13.2. The monoisotopic (exact) mass is 233 g/mol.